The first kappa shape index (κ1) is 15.6. The summed E-state index contributed by atoms with van der Waals surface area (Å²) in [7, 11) is 0. The lowest BCUT2D eigenvalue weighted by Crippen LogP contribution is -2.32. The number of pyridine rings is 1. The maximum absolute atomic E-state index is 12.3. The molecule has 0 aliphatic carbocycles. The molecule has 0 spiro atoms. The van der Waals surface area contributed by atoms with Crippen LogP contribution in [0.5, 0.6) is 0 Å². The summed E-state index contributed by atoms with van der Waals surface area (Å²) in [4.78, 5) is 9.62. The first-order chi connectivity index (χ1) is 9.92. The number of hydrogen-bond donors (Lipinski definition) is 2. The Morgan fingerprint density at radius 3 is 2.95 bits per heavy atom. The number of aromatic nitrogens is 1. The zero-order valence-electron chi connectivity index (χ0n) is 11.5. The fourth-order valence-electron chi connectivity index (χ4n) is 2.29. The van der Waals surface area contributed by atoms with Crippen LogP contribution in [0, 0.1) is 5.92 Å². The van der Waals surface area contributed by atoms with E-state index in [2.05, 4.69) is 15.3 Å². The lowest BCUT2D eigenvalue weighted by atomic mass is 10.1. The Morgan fingerprint density at radius 1 is 1.48 bits per heavy atom. The Hall–Kier alpha value is -1.83. The Bertz CT molecular complexity index is 474. The second-order valence-electron chi connectivity index (χ2n) is 5.07. The Kier molecular flexibility index (Phi) is 5.00. The number of hydrogen-bond acceptors (Lipinski definition) is 3. The highest BCUT2D eigenvalue weighted by Crippen LogP contribution is 2.22. The van der Waals surface area contributed by atoms with E-state index in [1.165, 1.54) is 4.90 Å². The van der Waals surface area contributed by atoms with E-state index in [-0.39, 0.29) is 11.9 Å². The van der Waals surface area contributed by atoms with E-state index >= 15 is 0 Å². The number of rotatable bonds is 4. The lowest BCUT2D eigenvalue weighted by Gasteiger charge is -2.17. The fraction of sp³-hybridized carbons (Fsp3) is 0.538. The number of guanidine groups is 1. The molecule has 8 heteroatoms. The van der Waals surface area contributed by atoms with E-state index in [0.717, 1.165) is 0 Å². The third-order valence-corrected chi connectivity index (χ3v) is 3.21. The van der Waals surface area contributed by atoms with Crippen LogP contribution in [0.4, 0.5) is 19.0 Å². The molecule has 5 nitrogen and oxygen atoms in total. The predicted molar refractivity (Wildman–Crippen MR) is 75.0 cm³/mol. The van der Waals surface area contributed by atoms with Crippen molar-refractivity contribution in [3.05, 3.63) is 24.4 Å². The number of alkyl halides is 3. The summed E-state index contributed by atoms with van der Waals surface area (Å²) in [6, 6.07) is 5.35. The standard InChI is InChI=1S/C13H18F3N5/c14-13(15,16)9-21-6-4-10(8-21)7-19-12(17)20-11-3-1-2-5-18-11/h1-3,5,10H,4,6-9H2,(H3,17,18,19,20). The number of aliphatic imine (C=N–C) groups is 1. The van der Waals surface area contributed by atoms with Crippen LogP contribution in [0.15, 0.2) is 29.4 Å². The average molecular weight is 301 g/mol. The molecule has 21 heavy (non-hydrogen) atoms. The van der Waals surface area contributed by atoms with Crippen molar-refractivity contribution in [2.45, 2.75) is 12.6 Å². The maximum atomic E-state index is 12.3. The van der Waals surface area contributed by atoms with Gasteiger partial charge in [-0.3, -0.25) is 9.89 Å². The van der Waals surface area contributed by atoms with Crippen LogP contribution in [0.25, 0.3) is 0 Å². The largest absolute Gasteiger partial charge is 0.401 e. The van der Waals surface area contributed by atoms with E-state index in [4.69, 9.17) is 5.73 Å². The molecule has 1 aromatic heterocycles. The molecule has 0 radical (unpaired) electrons. The van der Waals surface area contributed by atoms with Gasteiger partial charge in [0.05, 0.1) is 6.54 Å². The van der Waals surface area contributed by atoms with Crippen LogP contribution < -0.4 is 11.1 Å². The number of nitrogens with zero attached hydrogens (tertiary/aromatic N) is 3. The van der Waals surface area contributed by atoms with Gasteiger partial charge in [0.15, 0.2) is 5.96 Å². The van der Waals surface area contributed by atoms with Crippen LogP contribution in [-0.4, -0.2) is 48.2 Å². The monoisotopic (exact) mass is 301 g/mol. The second kappa shape index (κ2) is 6.75. The second-order valence-corrected chi connectivity index (χ2v) is 5.07. The Morgan fingerprint density at radius 2 is 2.29 bits per heavy atom. The van der Waals surface area contributed by atoms with Crippen molar-refractivity contribution in [3.63, 3.8) is 0 Å². The minimum atomic E-state index is -4.14. The molecule has 1 aromatic rings. The van der Waals surface area contributed by atoms with Gasteiger partial charge in [-0.25, -0.2) is 4.98 Å². The van der Waals surface area contributed by atoms with Crippen molar-refractivity contribution in [1.29, 1.82) is 0 Å². The van der Waals surface area contributed by atoms with E-state index in [1.807, 2.05) is 6.07 Å². The SMILES string of the molecule is NC(=NCC1CCN(CC(F)(F)F)C1)Nc1ccccn1. The van der Waals surface area contributed by atoms with Crippen LogP contribution in [0.2, 0.25) is 0 Å². The number of nitrogens with one attached hydrogen (secondary N) is 1. The summed E-state index contributed by atoms with van der Waals surface area (Å²) in [6.07, 6.45) is -1.81. The molecular weight excluding hydrogens is 283 g/mol. The molecule has 1 fully saturated rings. The van der Waals surface area contributed by atoms with E-state index < -0.39 is 12.7 Å². The highest BCUT2D eigenvalue weighted by Gasteiger charge is 2.34. The van der Waals surface area contributed by atoms with E-state index in [1.54, 1.807) is 18.3 Å². The molecule has 2 rings (SSSR count). The lowest BCUT2D eigenvalue weighted by molar-refractivity contribution is -0.143. The number of anilines is 1. The van der Waals surface area contributed by atoms with Crippen molar-refractivity contribution in [1.82, 2.24) is 9.88 Å². The molecule has 0 aromatic carbocycles. The van der Waals surface area contributed by atoms with Crippen LogP contribution in [0.1, 0.15) is 6.42 Å². The van der Waals surface area contributed by atoms with Gasteiger partial charge < -0.3 is 11.1 Å². The van der Waals surface area contributed by atoms with Crippen molar-refractivity contribution < 1.29 is 13.2 Å². The molecule has 2 heterocycles. The minimum Gasteiger partial charge on any atom is -0.370 e. The van der Waals surface area contributed by atoms with Gasteiger partial charge in [0.2, 0.25) is 0 Å². The van der Waals surface area contributed by atoms with Gasteiger partial charge in [0, 0.05) is 19.3 Å². The van der Waals surface area contributed by atoms with Gasteiger partial charge in [-0.2, -0.15) is 13.2 Å². The molecule has 1 unspecified atom stereocenters. The van der Waals surface area contributed by atoms with Gasteiger partial charge in [-0.15, -0.1) is 0 Å². The average Bonchev–Trinajstić information content (AvgIpc) is 2.83. The van der Waals surface area contributed by atoms with Crippen molar-refractivity contribution >= 4 is 11.8 Å². The van der Waals surface area contributed by atoms with Gasteiger partial charge in [0.25, 0.3) is 0 Å². The fourth-order valence-corrected chi connectivity index (χ4v) is 2.29. The summed E-state index contributed by atoms with van der Waals surface area (Å²) in [6.45, 7) is 0.419. The molecule has 0 saturated carbocycles. The van der Waals surface area contributed by atoms with Crippen LogP contribution >= 0.6 is 0 Å². The molecule has 0 bridgehead atoms. The molecule has 1 atom stereocenters. The molecule has 1 aliphatic rings. The van der Waals surface area contributed by atoms with Gasteiger partial charge in [-0.1, -0.05) is 6.07 Å². The number of halogens is 3. The summed E-state index contributed by atoms with van der Waals surface area (Å²) in [5.41, 5.74) is 5.73. The highest BCUT2D eigenvalue weighted by atomic mass is 19.4. The van der Waals surface area contributed by atoms with Crippen LogP contribution in [0.3, 0.4) is 0 Å². The third kappa shape index (κ3) is 5.58. The Balaban J connectivity index is 1.77. The van der Waals surface area contributed by atoms with E-state index in [0.29, 0.717) is 31.9 Å². The topological polar surface area (TPSA) is 66.5 Å². The van der Waals surface area contributed by atoms with Gasteiger partial charge in [-0.05, 0) is 31.0 Å². The zero-order valence-corrected chi connectivity index (χ0v) is 11.5. The summed E-state index contributed by atoms with van der Waals surface area (Å²) in [5, 5.41) is 2.84. The normalized spacial score (nSPS) is 20.7. The first-order valence-corrected chi connectivity index (χ1v) is 6.69. The van der Waals surface area contributed by atoms with Crippen molar-refractivity contribution in [3.8, 4) is 0 Å². The van der Waals surface area contributed by atoms with Crippen molar-refractivity contribution in [2.75, 3.05) is 31.5 Å². The summed E-state index contributed by atoms with van der Waals surface area (Å²) < 4.78 is 36.9. The van der Waals surface area contributed by atoms with Gasteiger partial charge in [0.1, 0.15) is 5.82 Å². The highest BCUT2D eigenvalue weighted by molar-refractivity contribution is 5.91. The molecule has 1 aliphatic heterocycles. The van der Waals surface area contributed by atoms with Crippen molar-refractivity contribution in [2.24, 2.45) is 16.6 Å². The van der Waals surface area contributed by atoms with Crippen LogP contribution in [-0.2, 0) is 0 Å². The predicted octanol–water partition coefficient (Wildman–Crippen LogP) is 1.69. The first-order valence-electron chi connectivity index (χ1n) is 6.69. The number of likely N-dealkylation sites (tertiary alicyclic amines) is 1. The smallest absolute Gasteiger partial charge is 0.370 e. The summed E-state index contributed by atoms with van der Waals surface area (Å²) >= 11 is 0. The molecule has 1 saturated heterocycles. The Labute approximate surface area is 121 Å². The van der Waals surface area contributed by atoms with Gasteiger partial charge >= 0.3 is 6.18 Å². The molecule has 116 valence electrons. The maximum Gasteiger partial charge on any atom is 0.401 e. The summed E-state index contributed by atoms with van der Waals surface area (Å²) in [5.74, 6) is 0.920. The quantitative estimate of drug-likeness (QED) is 0.656. The third-order valence-electron chi connectivity index (χ3n) is 3.21. The molecular formula is C13H18F3N5. The zero-order chi connectivity index (χ0) is 15.3. The van der Waals surface area contributed by atoms with E-state index in [9.17, 15) is 13.2 Å². The molecule has 0 amide bonds. The number of nitrogens with two attached hydrogens (primary N) is 1. The molecule has 3 N–H and O–H groups in total. The minimum absolute atomic E-state index is 0.108.